The number of nitriles is 1. The van der Waals surface area contributed by atoms with Gasteiger partial charge in [0.1, 0.15) is 17.4 Å². The maximum Gasteiger partial charge on any atom is 0.267 e. The van der Waals surface area contributed by atoms with Gasteiger partial charge in [-0.15, -0.1) is 0 Å². The predicted octanol–water partition coefficient (Wildman–Crippen LogP) is 2.87. The number of carbonyl (C=O) groups is 1. The zero-order chi connectivity index (χ0) is 18.2. The van der Waals surface area contributed by atoms with Crippen molar-refractivity contribution in [2.45, 2.75) is 0 Å². The lowest BCUT2D eigenvalue weighted by Crippen LogP contribution is -2.14. The SMILES string of the molecule is COc1ccc(NC(=O)/C(C#N)=C\Nc2cccc(O)c2)cc1OC. The minimum atomic E-state index is -0.581. The fourth-order valence-corrected chi connectivity index (χ4v) is 2.01. The summed E-state index contributed by atoms with van der Waals surface area (Å²) in [5.41, 5.74) is 0.881. The molecular formula is C18H17N3O4. The van der Waals surface area contributed by atoms with Gasteiger partial charge < -0.3 is 25.2 Å². The number of phenolic OH excluding ortho intramolecular Hbond substituents is 1. The molecule has 0 unspecified atom stereocenters. The third kappa shape index (κ3) is 4.65. The molecule has 2 aromatic carbocycles. The van der Waals surface area contributed by atoms with Crippen LogP contribution in [-0.2, 0) is 4.79 Å². The van der Waals surface area contributed by atoms with E-state index in [9.17, 15) is 15.2 Å². The van der Waals surface area contributed by atoms with E-state index in [0.29, 0.717) is 22.9 Å². The highest BCUT2D eigenvalue weighted by atomic mass is 16.5. The third-order valence-corrected chi connectivity index (χ3v) is 3.24. The van der Waals surface area contributed by atoms with Gasteiger partial charge in [0.05, 0.1) is 14.2 Å². The number of rotatable bonds is 6. The predicted molar refractivity (Wildman–Crippen MR) is 93.6 cm³/mol. The highest BCUT2D eigenvalue weighted by molar-refractivity contribution is 6.06. The Morgan fingerprint density at radius 1 is 1.12 bits per heavy atom. The van der Waals surface area contributed by atoms with Crippen molar-refractivity contribution in [1.29, 1.82) is 5.26 Å². The van der Waals surface area contributed by atoms with Crippen LogP contribution in [0.15, 0.2) is 54.2 Å². The highest BCUT2D eigenvalue weighted by Crippen LogP contribution is 2.29. The first-order valence-electron chi connectivity index (χ1n) is 7.26. The first-order chi connectivity index (χ1) is 12.1. The van der Waals surface area contributed by atoms with Crippen molar-refractivity contribution in [3.05, 3.63) is 54.2 Å². The molecule has 0 bridgehead atoms. The summed E-state index contributed by atoms with van der Waals surface area (Å²) in [5, 5.41) is 24.0. The van der Waals surface area contributed by atoms with Crippen molar-refractivity contribution in [3.63, 3.8) is 0 Å². The van der Waals surface area contributed by atoms with Gasteiger partial charge in [0.2, 0.25) is 0 Å². The van der Waals surface area contributed by atoms with Gasteiger partial charge in [-0.2, -0.15) is 5.26 Å². The Hall–Kier alpha value is -3.66. The fraction of sp³-hybridized carbons (Fsp3) is 0.111. The van der Waals surface area contributed by atoms with Gasteiger partial charge in [-0.1, -0.05) is 6.07 Å². The summed E-state index contributed by atoms with van der Waals surface area (Å²) in [6, 6.07) is 13.0. The van der Waals surface area contributed by atoms with Gasteiger partial charge in [-0.05, 0) is 24.3 Å². The number of methoxy groups -OCH3 is 2. The average molecular weight is 339 g/mol. The van der Waals surface area contributed by atoms with Crippen LogP contribution in [0, 0.1) is 11.3 Å². The number of hydrogen-bond donors (Lipinski definition) is 3. The second kappa shape index (κ2) is 8.26. The molecule has 0 atom stereocenters. The highest BCUT2D eigenvalue weighted by Gasteiger charge is 2.11. The first-order valence-corrected chi connectivity index (χ1v) is 7.26. The molecule has 3 N–H and O–H groups in total. The molecule has 0 aliphatic rings. The van der Waals surface area contributed by atoms with Gasteiger partial charge >= 0.3 is 0 Å². The number of ether oxygens (including phenoxy) is 2. The number of aromatic hydroxyl groups is 1. The Bertz CT molecular complexity index is 840. The maximum absolute atomic E-state index is 12.2. The summed E-state index contributed by atoms with van der Waals surface area (Å²) in [7, 11) is 3.00. The van der Waals surface area contributed by atoms with Crippen molar-refractivity contribution < 1.29 is 19.4 Å². The van der Waals surface area contributed by atoms with E-state index < -0.39 is 5.91 Å². The van der Waals surface area contributed by atoms with Gasteiger partial charge in [0, 0.05) is 29.7 Å². The largest absolute Gasteiger partial charge is 0.508 e. The summed E-state index contributed by atoms with van der Waals surface area (Å²) in [6.45, 7) is 0. The molecule has 0 aliphatic carbocycles. The topological polar surface area (TPSA) is 104 Å². The van der Waals surface area contributed by atoms with E-state index in [1.165, 1.54) is 32.6 Å². The molecule has 0 spiro atoms. The zero-order valence-electron chi connectivity index (χ0n) is 13.7. The maximum atomic E-state index is 12.2. The fourth-order valence-electron chi connectivity index (χ4n) is 2.01. The summed E-state index contributed by atoms with van der Waals surface area (Å²) in [5.74, 6) is 0.483. The monoisotopic (exact) mass is 339 g/mol. The standard InChI is InChI=1S/C18H17N3O4/c1-24-16-7-6-14(9-17(16)25-2)21-18(23)12(10-19)11-20-13-4-3-5-15(22)8-13/h3-9,11,20,22H,1-2H3,(H,21,23)/b12-11-. The van der Waals surface area contributed by atoms with E-state index in [4.69, 9.17) is 9.47 Å². The molecule has 2 aromatic rings. The van der Waals surface area contributed by atoms with Crippen molar-refractivity contribution in [2.24, 2.45) is 0 Å². The second-order valence-electron chi connectivity index (χ2n) is 4.89. The number of carbonyl (C=O) groups excluding carboxylic acids is 1. The van der Waals surface area contributed by atoms with Crippen LogP contribution >= 0.6 is 0 Å². The first kappa shape index (κ1) is 17.7. The van der Waals surface area contributed by atoms with Crippen LogP contribution in [0.25, 0.3) is 0 Å². The summed E-state index contributed by atoms with van der Waals surface area (Å²) in [6.07, 6.45) is 1.27. The molecule has 0 saturated heterocycles. The lowest BCUT2D eigenvalue weighted by atomic mass is 10.2. The lowest BCUT2D eigenvalue weighted by molar-refractivity contribution is -0.112. The molecule has 7 heteroatoms. The van der Waals surface area contributed by atoms with Gasteiger partial charge in [-0.25, -0.2) is 0 Å². The smallest absolute Gasteiger partial charge is 0.267 e. The summed E-state index contributed by atoms with van der Waals surface area (Å²) >= 11 is 0. The van der Waals surface area contributed by atoms with Gasteiger partial charge in [-0.3, -0.25) is 4.79 Å². The Kier molecular flexibility index (Phi) is 5.85. The number of nitrogens with one attached hydrogen (secondary N) is 2. The van der Waals surface area contributed by atoms with Crippen LogP contribution in [0.4, 0.5) is 11.4 Å². The Labute approximate surface area is 145 Å². The number of amides is 1. The normalized spacial score (nSPS) is 10.5. The Balaban J connectivity index is 2.12. The molecule has 7 nitrogen and oxygen atoms in total. The molecule has 25 heavy (non-hydrogen) atoms. The number of benzene rings is 2. The van der Waals surface area contributed by atoms with Crippen LogP contribution in [0.5, 0.6) is 17.2 Å². The minimum absolute atomic E-state index is 0.0756. The van der Waals surface area contributed by atoms with E-state index in [1.807, 2.05) is 6.07 Å². The molecule has 0 radical (unpaired) electrons. The van der Waals surface area contributed by atoms with Crippen LogP contribution in [0.1, 0.15) is 0 Å². The van der Waals surface area contributed by atoms with Crippen LogP contribution in [0.3, 0.4) is 0 Å². The number of hydrogen-bond acceptors (Lipinski definition) is 6. The van der Waals surface area contributed by atoms with E-state index in [2.05, 4.69) is 10.6 Å². The zero-order valence-corrected chi connectivity index (χ0v) is 13.7. The molecule has 0 aliphatic heterocycles. The minimum Gasteiger partial charge on any atom is -0.508 e. The average Bonchev–Trinajstić information content (AvgIpc) is 2.62. The van der Waals surface area contributed by atoms with Crippen molar-refractivity contribution in [1.82, 2.24) is 0 Å². The molecule has 1 amide bonds. The molecular weight excluding hydrogens is 322 g/mol. The number of phenols is 1. The molecule has 2 rings (SSSR count). The quantitative estimate of drug-likeness (QED) is 0.552. The third-order valence-electron chi connectivity index (χ3n) is 3.24. The van der Waals surface area contributed by atoms with E-state index >= 15 is 0 Å². The summed E-state index contributed by atoms with van der Waals surface area (Å²) in [4.78, 5) is 12.2. The van der Waals surface area contributed by atoms with E-state index in [0.717, 1.165) is 0 Å². The van der Waals surface area contributed by atoms with E-state index in [1.54, 1.807) is 30.3 Å². The van der Waals surface area contributed by atoms with Gasteiger partial charge in [0.15, 0.2) is 11.5 Å². The molecule has 0 aromatic heterocycles. The van der Waals surface area contributed by atoms with Crippen LogP contribution in [-0.4, -0.2) is 25.2 Å². The van der Waals surface area contributed by atoms with Crippen LogP contribution < -0.4 is 20.1 Å². The van der Waals surface area contributed by atoms with E-state index in [-0.39, 0.29) is 11.3 Å². The van der Waals surface area contributed by atoms with Crippen LogP contribution in [0.2, 0.25) is 0 Å². The second-order valence-corrected chi connectivity index (χ2v) is 4.89. The number of anilines is 2. The van der Waals surface area contributed by atoms with Crippen molar-refractivity contribution >= 4 is 17.3 Å². The Morgan fingerprint density at radius 3 is 2.52 bits per heavy atom. The summed E-state index contributed by atoms with van der Waals surface area (Å²) < 4.78 is 10.3. The molecule has 128 valence electrons. The molecule has 0 saturated carbocycles. The molecule has 0 fully saturated rings. The van der Waals surface area contributed by atoms with Crippen molar-refractivity contribution in [3.8, 4) is 23.3 Å². The number of nitrogens with zero attached hydrogens (tertiary/aromatic N) is 1. The molecule has 0 heterocycles. The van der Waals surface area contributed by atoms with Gasteiger partial charge in [0.25, 0.3) is 5.91 Å². The Morgan fingerprint density at radius 2 is 1.88 bits per heavy atom. The van der Waals surface area contributed by atoms with Crippen molar-refractivity contribution in [2.75, 3.05) is 24.9 Å². The lowest BCUT2D eigenvalue weighted by Gasteiger charge is -2.10.